The molecule has 0 aromatic carbocycles. The molecule has 3 rings (SSSR count). The van der Waals surface area contributed by atoms with Gasteiger partial charge in [0.2, 0.25) is 0 Å². The van der Waals surface area contributed by atoms with E-state index in [0.717, 1.165) is 37.1 Å². The van der Waals surface area contributed by atoms with E-state index < -0.39 is 12.1 Å². The van der Waals surface area contributed by atoms with Gasteiger partial charge in [-0.2, -0.15) is 13.2 Å². The highest BCUT2D eigenvalue weighted by Gasteiger charge is 2.44. The molecule has 110 valence electrons. The lowest BCUT2D eigenvalue weighted by Gasteiger charge is -2.32. The Kier molecular flexibility index (Phi) is 3.80. The van der Waals surface area contributed by atoms with Crippen LogP contribution in [0.25, 0.3) is 0 Å². The van der Waals surface area contributed by atoms with Gasteiger partial charge in [-0.25, -0.2) is 0 Å². The Labute approximate surface area is 113 Å². The molecular weight excluding hydrogens is 251 g/mol. The largest absolute Gasteiger partial charge is 0.391 e. The second-order valence-corrected chi connectivity index (χ2v) is 6.85. The topological polar surface area (TPSA) is 12.0 Å². The third-order valence-corrected chi connectivity index (χ3v) is 5.23. The number of halogens is 3. The monoisotopic (exact) mass is 275 g/mol. The molecule has 0 amide bonds. The number of hydrogen-bond acceptors (Lipinski definition) is 1. The highest BCUT2D eigenvalue weighted by Crippen LogP contribution is 2.49. The SMILES string of the molecule is FC(F)(F)C1CCCC(NCC(C2CC2)C2CC2)C1. The van der Waals surface area contributed by atoms with Crippen LogP contribution in [0.5, 0.6) is 0 Å². The molecule has 1 nitrogen and oxygen atoms in total. The van der Waals surface area contributed by atoms with E-state index in [1.807, 2.05) is 0 Å². The quantitative estimate of drug-likeness (QED) is 0.795. The number of rotatable bonds is 5. The Morgan fingerprint density at radius 2 is 1.58 bits per heavy atom. The second kappa shape index (κ2) is 5.27. The average molecular weight is 275 g/mol. The summed E-state index contributed by atoms with van der Waals surface area (Å²) in [7, 11) is 0. The molecule has 0 aliphatic heterocycles. The normalized spacial score (nSPS) is 32.8. The van der Waals surface area contributed by atoms with E-state index in [4.69, 9.17) is 0 Å². The van der Waals surface area contributed by atoms with Crippen LogP contribution in [0.15, 0.2) is 0 Å². The minimum atomic E-state index is -3.99. The van der Waals surface area contributed by atoms with E-state index in [1.165, 1.54) is 25.7 Å². The van der Waals surface area contributed by atoms with Crippen molar-refractivity contribution in [3.63, 3.8) is 0 Å². The molecule has 3 aliphatic rings. The van der Waals surface area contributed by atoms with Crippen LogP contribution in [0.1, 0.15) is 51.4 Å². The maximum absolute atomic E-state index is 12.8. The lowest BCUT2D eigenvalue weighted by atomic mass is 9.85. The van der Waals surface area contributed by atoms with E-state index in [2.05, 4.69) is 5.32 Å². The molecule has 3 fully saturated rings. The number of hydrogen-bond donors (Lipinski definition) is 1. The molecule has 0 bridgehead atoms. The average Bonchev–Trinajstić information content (AvgIpc) is 3.23. The van der Waals surface area contributed by atoms with Crippen LogP contribution >= 0.6 is 0 Å². The van der Waals surface area contributed by atoms with Gasteiger partial charge in [0.05, 0.1) is 5.92 Å². The van der Waals surface area contributed by atoms with Crippen molar-refractivity contribution in [1.82, 2.24) is 5.32 Å². The van der Waals surface area contributed by atoms with Gasteiger partial charge < -0.3 is 5.32 Å². The maximum atomic E-state index is 12.8. The zero-order valence-corrected chi connectivity index (χ0v) is 11.4. The zero-order chi connectivity index (χ0) is 13.5. The van der Waals surface area contributed by atoms with Crippen LogP contribution < -0.4 is 5.32 Å². The fraction of sp³-hybridized carbons (Fsp3) is 1.00. The molecule has 2 atom stereocenters. The van der Waals surface area contributed by atoms with E-state index in [-0.39, 0.29) is 6.04 Å². The van der Waals surface area contributed by atoms with Gasteiger partial charge in [0.15, 0.2) is 0 Å². The summed E-state index contributed by atoms with van der Waals surface area (Å²) < 4.78 is 38.3. The summed E-state index contributed by atoms with van der Waals surface area (Å²) >= 11 is 0. The van der Waals surface area contributed by atoms with Crippen LogP contribution in [-0.2, 0) is 0 Å². The standard InChI is InChI=1S/C15H24F3N/c16-15(17,18)12-2-1-3-13(8-12)19-9-14(10-4-5-10)11-6-7-11/h10-14,19H,1-9H2. The minimum Gasteiger partial charge on any atom is -0.314 e. The molecule has 1 N–H and O–H groups in total. The van der Waals surface area contributed by atoms with Gasteiger partial charge in [-0.15, -0.1) is 0 Å². The third-order valence-electron chi connectivity index (χ3n) is 5.23. The van der Waals surface area contributed by atoms with Crippen molar-refractivity contribution < 1.29 is 13.2 Å². The fourth-order valence-corrected chi connectivity index (χ4v) is 3.74. The minimum absolute atomic E-state index is 0.0976. The summed E-state index contributed by atoms with van der Waals surface area (Å²) in [6, 6.07) is 0.0976. The Morgan fingerprint density at radius 1 is 0.947 bits per heavy atom. The van der Waals surface area contributed by atoms with Crippen molar-refractivity contribution in [2.75, 3.05) is 6.54 Å². The Bertz CT molecular complexity index is 295. The fourth-order valence-electron chi connectivity index (χ4n) is 3.74. The second-order valence-electron chi connectivity index (χ2n) is 6.85. The van der Waals surface area contributed by atoms with Crippen LogP contribution in [-0.4, -0.2) is 18.8 Å². The van der Waals surface area contributed by atoms with Gasteiger partial charge in [-0.3, -0.25) is 0 Å². The molecule has 0 aromatic rings. The summed E-state index contributed by atoms with van der Waals surface area (Å²) in [4.78, 5) is 0. The van der Waals surface area contributed by atoms with Crippen LogP contribution in [0.2, 0.25) is 0 Å². The summed E-state index contributed by atoms with van der Waals surface area (Å²) in [5, 5.41) is 3.47. The van der Waals surface area contributed by atoms with Crippen molar-refractivity contribution in [3.05, 3.63) is 0 Å². The highest BCUT2D eigenvalue weighted by atomic mass is 19.4. The van der Waals surface area contributed by atoms with Gasteiger partial charge >= 0.3 is 6.18 Å². The van der Waals surface area contributed by atoms with Crippen LogP contribution in [0.3, 0.4) is 0 Å². The van der Waals surface area contributed by atoms with Gasteiger partial charge in [-0.1, -0.05) is 6.42 Å². The van der Waals surface area contributed by atoms with E-state index in [1.54, 1.807) is 0 Å². The lowest BCUT2D eigenvalue weighted by molar-refractivity contribution is -0.183. The molecule has 0 heterocycles. The first kappa shape index (κ1) is 13.7. The smallest absolute Gasteiger partial charge is 0.314 e. The molecule has 0 spiro atoms. The Hall–Kier alpha value is -0.250. The molecule has 0 radical (unpaired) electrons. The van der Waals surface area contributed by atoms with E-state index >= 15 is 0 Å². The molecule has 3 saturated carbocycles. The Morgan fingerprint density at radius 3 is 2.11 bits per heavy atom. The summed E-state index contributed by atoms with van der Waals surface area (Å²) in [5.41, 5.74) is 0. The van der Waals surface area contributed by atoms with Gasteiger partial charge in [0, 0.05) is 6.04 Å². The molecule has 2 unspecified atom stereocenters. The zero-order valence-electron chi connectivity index (χ0n) is 11.4. The molecular formula is C15H24F3N. The first-order valence-electron chi connectivity index (χ1n) is 7.84. The van der Waals surface area contributed by atoms with Crippen molar-refractivity contribution in [3.8, 4) is 0 Å². The first-order valence-corrected chi connectivity index (χ1v) is 7.84. The van der Waals surface area contributed by atoms with Crippen molar-refractivity contribution >= 4 is 0 Å². The molecule has 3 aliphatic carbocycles. The third kappa shape index (κ3) is 3.65. The van der Waals surface area contributed by atoms with Crippen molar-refractivity contribution in [2.24, 2.45) is 23.7 Å². The highest BCUT2D eigenvalue weighted by molar-refractivity contribution is 4.93. The molecule has 0 aromatic heterocycles. The van der Waals surface area contributed by atoms with Crippen LogP contribution in [0, 0.1) is 23.7 Å². The van der Waals surface area contributed by atoms with E-state index in [9.17, 15) is 13.2 Å². The predicted molar refractivity (Wildman–Crippen MR) is 68.7 cm³/mol. The lowest BCUT2D eigenvalue weighted by Crippen LogP contribution is -2.41. The molecule has 4 heteroatoms. The van der Waals surface area contributed by atoms with E-state index in [0.29, 0.717) is 12.8 Å². The van der Waals surface area contributed by atoms with Gasteiger partial charge in [0.25, 0.3) is 0 Å². The molecule has 0 saturated heterocycles. The summed E-state index contributed by atoms with van der Waals surface area (Å²) in [6.07, 6.45) is 3.66. The number of alkyl halides is 3. The first-order chi connectivity index (χ1) is 9.04. The van der Waals surface area contributed by atoms with Gasteiger partial charge in [-0.05, 0) is 69.2 Å². The Balaban J connectivity index is 1.46. The maximum Gasteiger partial charge on any atom is 0.391 e. The van der Waals surface area contributed by atoms with Crippen molar-refractivity contribution in [2.45, 2.75) is 63.6 Å². The summed E-state index contributed by atoms with van der Waals surface area (Å²) in [6.45, 7) is 0.963. The van der Waals surface area contributed by atoms with Crippen LogP contribution in [0.4, 0.5) is 13.2 Å². The van der Waals surface area contributed by atoms with Gasteiger partial charge in [0.1, 0.15) is 0 Å². The van der Waals surface area contributed by atoms with Crippen molar-refractivity contribution in [1.29, 1.82) is 0 Å². The predicted octanol–water partition coefficient (Wildman–Crippen LogP) is 4.13. The summed E-state index contributed by atoms with van der Waals surface area (Å²) in [5.74, 6) is 1.44. The molecule has 19 heavy (non-hydrogen) atoms. The number of nitrogens with one attached hydrogen (secondary N) is 1.